The molecule has 0 amide bonds. The summed E-state index contributed by atoms with van der Waals surface area (Å²) in [5.41, 5.74) is -0.147. The van der Waals surface area contributed by atoms with Gasteiger partial charge >= 0.3 is 48.0 Å². The van der Waals surface area contributed by atoms with Gasteiger partial charge in [-0.05, 0) is 17.7 Å². The van der Waals surface area contributed by atoms with E-state index in [1.54, 1.807) is 0 Å². The second-order valence-electron chi connectivity index (χ2n) is 6.21. The lowest BCUT2D eigenvalue weighted by Crippen LogP contribution is -2.57. The lowest BCUT2D eigenvalue weighted by molar-refractivity contribution is -0.348. The second kappa shape index (κ2) is 9.09. The highest BCUT2D eigenvalue weighted by atomic mass is 19.4. The number of ether oxygens (including phenoxy) is 2. The second-order valence-corrected chi connectivity index (χ2v) is 6.21. The van der Waals surface area contributed by atoms with Gasteiger partial charge in [0.2, 0.25) is 0 Å². The van der Waals surface area contributed by atoms with E-state index in [1.807, 2.05) is 0 Å². The number of carbonyl (C=O) groups excluding carboxylic acids is 2. The molecule has 0 spiro atoms. The quantitative estimate of drug-likeness (QED) is 0.259. The van der Waals surface area contributed by atoms with E-state index in [-0.39, 0.29) is 5.56 Å². The average molecular weight is 530 g/mol. The fraction of sp³-hybridized carbons (Fsp3) is 0.500. The zero-order valence-corrected chi connectivity index (χ0v) is 15.6. The molecule has 0 radical (unpaired) electrons. The molecule has 194 valence electrons. The fourth-order valence-electron chi connectivity index (χ4n) is 1.86. The van der Waals surface area contributed by atoms with Crippen molar-refractivity contribution in [2.75, 3.05) is 6.61 Å². The van der Waals surface area contributed by atoms with Crippen LogP contribution in [0.5, 0.6) is 5.75 Å². The summed E-state index contributed by atoms with van der Waals surface area (Å²) >= 11 is 0. The predicted octanol–water partition coefficient (Wildman–Crippen LogP) is 5.34. The van der Waals surface area contributed by atoms with E-state index in [1.165, 1.54) is 0 Å². The summed E-state index contributed by atoms with van der Waals surface area (Å²) in [6, 6.07) is 2.56. The maximum absolute atomic E-state index is 13.2. The summed E-state index contributed by atoms with van der Waals surface area (Å²) in [4.78, 5) is 22.0. The normalized spacial score (nSPS) is 14.1. The van der Waals surface area contributed by atoms with E-state index in [2.05, 4.69) is 9.47 Å². The molecule has 34 heavy (non-hydrogen) atoms. The van der Waals surface area contributed by atoms with Crippen molar-refractivity contribution in [2.24, 2.45) is 0 Å². The van der Waals surface area contributed by atoms with Crippen LogP contribution in [0.3, 0.4) is 0 Å². The first-order valence-electron chi connectivity index (χ1n) is 8.13. The number of esters is 2. The number of halogens is 14. The standard InChI is InChI=1S/C16H8F14O4/c17-11(18,13(21,22)15(25,26)27)9(31)33-6-5-7-1-3-8(4-2-7)34-10(32)12(19,20)14(23,24)16(28,29)30/h1-4H,5-6H2. The van der Waals surface area contributed by atoms with E-state index in [9.17, 15) is 71.1 Å². The topological polar surface area (TPSA) is 52.6 Å². The summed E-state index contributed by atoms with van der Waals surface area (Å²) in [6.07, 6.45) is -14.3. The zero-order valence-electron chi connectivity index (χ0n) is 15.6. The van der Waals surface area contributed by atoms with Gasteiger partial charge in [-0.3, -0.25) is 0 Å². The molecule has 0 saturated carbocycles. The van der Waals surface area contributed by atoms with Gasteiger partial charge in [0.05, 0.1) is 6.61 Å². The monoisotopic (exact) mass is 530 g/mol. The first-order valence-corrected chi connectivity index (χ1v) is 8.13. The number of hydrogen-bond acceptors (Lipinski definition) is 4. The summed E-state index contributed by atoms with van der Waals surface area (Å²) < 4.78 is 183. The van der Waals surface area contributed by atoms with Crippen LogP contribution in [-0.2, 0) is 20.7 Å². The number of alkyl halides is 14. The SMILES string of the molecule is O=C(OCCc1ccc(OC(=O)C(F)(F)C(F)(F)C(F)(F)F)cc1)C(F)(F)C(F)(F)C(F)(F)F. The van der Waals surface area contributed by atoms with Gasteiger partial charge in [-0.25, -0.2) is 9.59 Å². The molecule has 0 saturated heterocycles. The Morgan fingerprint density at radius 3 is 1.38 bits per heavy atom. The lowest BCUT2D eigenvalue weighted by atomic mass is 10.1. The van der Waals surface area contributed by atoms with E-state index in [4.69, 9.17) is 0 Å². The van der Waals surface area contributed by atoms with E-state index < -0.39 is 66.8 Å². The van der Waals surface area contributed by atoms with Crippen LogP contribution in [0, 0.1) is 0 Å². The minimum atomic E-state index is -6.81. The Kier molecular flexibility index (Phi) is 7.81. The minimum Gasteiger partial charge on any atom is -0.461 e. The van der Waals surface area contributed by atoms with Gasteiger partial charge in [0.1, 0.15) is 5.75 Å². The predicted molar refractivity (Wildman–Crippen MR) is 78.6 cm³/mol. The number of carbonyl (C=O) groups is 2. The van der Waals surface area contributed by atoms with Crippen molar-refractivity contribution in [2.45, 2.75) is 42.5 Å². The molecule has 0 unspecified atom stereocenters. The highest BCUT2D eigenvalue weighted by molar-refractivity contribution is 5.81. The van der Waals surface area contributed by atoms with Gasteiger partial charge in [0.25, 0.3) is 0 Å². The molecule has 0 bridgehead atoms. The Hall–Kier alpha value is -2.82. The van der Waals surface area contributed by atoms with Crippen LogP contribution in [0.25, 0.3) is 0 Å². The molecule has 18 heteroatoms. The summed E-state index contributed by atoms with van der Waals surface area (Å²) in [5, 5.41) is 0. The molecule has 0 heterocycles. The van der Waals surface area contributed by atoms with Crippen molar-refractivity contribution < 1.29 is 80.5 Å². The molecular formula is C16H8F14O4. The van der Waals surface area contributed by atoms with Gasteiger partial charge in [-0.2, -0.15) is 61.5 Å². The van der Waals surface area contributed by atoms with Crippen molar-refractivity contribution in [1.82, 2.24) is 0 Å². The van der Waals surface area contributed by atoms with Crippen molar-refractivity contribution in [3.05, 3.63) is 29.8 Å². The molecule has 0 N–H and O–H groups in total. The summed E-state index contributed by atoms with van der Waals surface area (Å²) in [7, 11) is 0. The molecule has 0 aliphatic heterocycles. The molecule has 0 aromatic heterocycles. The van der Waals surface area contributed by atoms with Crippen molar-refractivity contribution in [1.29, 1.82) is 0 Å². The Balaban J connectivity index is 2.77. The summed E-state index contributed by atoms with van der Waals surface area (Å²) in [5.74, 6) is -33.7. The molecule has 0 aliphatic carbocycles. The highest BCUT2D eigenvalue weighted by Gasteiger charge is 2.78. The minimum absolute atomic E-state index is 0.147. The van der Waals surface area contributed by atoms with Crippen LogP contribution < -0.4 is 4.74 Å². The van der Waals surface area contributed by atoms with Crippen LogP contribution in [0.4, 0.5) is 61.5 Å². The zero-order chi connectivity index (χ0) is 27.0. The Morgan fingerprint density at radius 2 is 1.00 bits per heavy atom. The number of benzene rings is 1. The van der Waals surface area contributed by atoms with E-state index in [0.29, 0.717) is 12.1 Å². The van der Waals surface area contributed by atoms with E-state index >= 15 is 0 Å². The van der Waals surface area contributed by atoms with Gasteiger partial charge < -0.3 is 9.47 Å². The van der Waals surface area contributed by atoms with Crippen LogP contribution in [0.15, 0.2) is 24.3 Å². The van der Waals surface area contributed by atoms with Crippen LogP contribution in [0.1, 0.15) is 5.56 Å². The molecule has 0 atom stereocenters. The van der Waals surface area contributed by atoms with Crippen LogP contribution in [-0.4, -0.2) is 54.6 Å². The largest absolute Gasteiger partial charge is 0.461 e. The van der Waals surface area contributed by atoms with Crippen LogP contribution >= 0.6 is 0 Å². The first-order chi connectivity index (χ1) is 15.0. The Bertz CT molecular complexity index is 886. The lowest BCUT2D eigenvalue weighted by Gasteiger charge is -2.26. The Morgan fingerprint density at radius 1 is 0.618 bits per heavy atom. The highest BCUT2D eigenvalue weighted by Crippen LogP contribution is 2.48. The molecule has 4 nitrogen and oxygen atoms in total. The maximum Gasteiger partial charge on any atom is 0.460 e. The molecular weight excluding hydrogens is 522 g/mol. The third-order valence-electron chi connectivity index (χ3n) is 3.77. The van der Waals surface area contributed by atoms with Gasteiger partial charge in [-0.1, -0.05) is 12.1 Å². The molecule has 0 aliphatic rings. The fourth-order valence-corrected chi connectivity index (χ4v) is 1.86. The Labute approximate surface area is 178 Å². The van der Waals surface area contributed by atoms with Crippen molar-refractivity contribution >= 4 is 11.9 Å². The van der Waals surface area contributed by atoms with Crippen molar-refractivity contribution in [3.63, 3.8) is 0 Å². The van der Waals surface area contributed by atoms with Gasteiger partial charge in [0.15, 0.2) is 0 Å². The maximum atomic E-state index is 13.2. The van der Waals surface area contributed by atoms with Gasteiger partial charge in [-0.15, -0.1) is 0 Å². The summed E-state index contributed by atoms with van der Waals surface area (Å²) in [6.45, 7) is -1.21. The smallest absolute Gasteiger partial charge is 0.460 e. The number of rotatable bonds is 8. The molecule has 1 rings (SSSR count). The first kappa shape index (κ1) is 29.2. The van der Waals surface area contributed by atoms with Crippen molar-refractivity contribution in [3.8, 4) is 5.75 Å². The van der Waals surface area contributed by atoms with E-state index in [0.717, 1.165) is 12.1 Å². The number of hydrogen-bond donors (Lipinski definition) is 0. The molecule has 1 aromatic carbocycles. The average Bonchev–Trinajstić information content (AvgIpc) is 2.67. The third kappa shape index (κ3) is 5.45. The van der Waals surface area contributed by atoms with Crippen LogP contribution in [0.2, 0.25) is 0 Å². The molecule has 0 fully saturated rings. The van der Waals surface area contributed by atoms with Gasteiger partial charge in [0, 0.05) is 6.42 Å². The molecule has 1 aromatic rings. The third-order valence-corrected chi connectivity index (χ3v) is 3.77.